The van der Waals surface area contributed by atoms with Crippen molar-refractivity contribution in [1.29, 1.82) is 0 Å². The van der Waals surface area contributed by atoms with Crippen molar-refractivity contribution >= 4 is 29.2 Å². The minimum absolute atomic E-state index is 0.117. The molecule has 0 saturated heterocycles. The number of hydrogen-bond acceptors (Lipinski definition) is 7. The summed E-state index contributed by atoms with van der Waals surface area (Å²) in [5.74, 6) is -1.30. The third-order valence-electron chi connectivity index (χ3n) is 4.29. The molecule has 1 heterocycles. The first-order valence-corrected chi connectivity index (χ1v) is 9.59. The Morgan fingerprint density at radius 1 is 1.03 bits per heavy atom. The largest absolute Gasteiger partial charge is 0.452 e. The summed E-state index contributed by atoms with van der Waals surface area (Å²) in [7, 11) is 0. The summed E-state index contributed by atoms with van der Waals surface area (Å²) < 4.78 is 6.37. The topological polar surface area (TPSA) is 128 Å². The number of hydrogen-bond donors (Lipinski definition) is 2. The number of esters is 1. The number of benzene rings is 2. The summed E-state index contributed by atoms with van der Waals surface area (Å²) >= 11 is 0. The van der Waals surface area contributed by atoms with Gasteiger partial charge in [-0.25, -0.2) is 9.48 Å². The molecule has 0 aliphatic heterocycles. The van der Waals surface area contributed by atoms with Crippen molar-refractivity contribution in [3.05, 3.63) is 66.0 Å². The molecule has 0 fully saturated rings. The molecule has 1 aromatic heterocycles. The van der Waals surface area contributed by atoms with Crippen LogP contribution in [0.25, 0.3) is 0 Å². The summed E-state index contributed by atoms with van der Waals surface area (Å²) in [4.78, 5) is 36.8. The van der Waals surface area contributed by atoms with Crippen LogP contribution >= 0.6 is 0 Å². The number of rotatable bonds is 8. The fraction of sp³-hybridized carbons (Fsp3) is 0.238. The predicted molar refractivity (Wildman–Crippen MR) is 112 cm³/mol. The average Bonchev–Trinajstić information content (AvgIpc) is 3.25. The van der Waals surface area contributed by atoms with Crippen LogP contribution in [0.3, 0.4) is 0 Å². The number of carbonyl (C=O) groups is 3. The molecule has 0 atom stereocenters. The lowest BCUT2D eigenvalue weighted by atomic mass is 10.0. The van der Waals surface area contributed by atoms with Crippen molar-refractivity contribution < 1.29 is 19.1 Å². The van der Waals surface area contributed by atoms with Crippen LogP contribution in [0.1, 0.15) is 35.7 Å². The number of ether oxygens (including phenoxy) is 1. The van der Waals surface area contributed by atoms with E-state index < -0.39 is 24.4 Å². The lowest BCUT2D eigenvalue weighted by Crippen LogP contribution is -2.23. The van der Waals surface area contributed by atoms with Crippen molar-refractivity contribution in [1.82, 2.24) is 20.2 Å². The second kappa shape index (κ2) is 10.1. The zero-order chi connectivity index (χ0) is 22.2. The highest BCUT2D eigenvalue weighted by Crippen LogP contribution is 2.19. The minimum atomic E-state index is -0.732. The highest BCUT2D eigenvalue weighted by molar-refractivity contribution is 6.02. The lowest BCUT2D eigenvalue weighted by Gasteiger charge is -2.12. The molecule has 31 heavy (non-hydrogen) atoms. The molecule has 0 radical (unpaired) electrons. The molecule has 160 valence electrons. The van der Waals surface area contributed by atoms with E-state index in [1.165, 1.54) is 17.1 Å². The van der Waals surface area contributed by atoms with Gasteiger partial charge in [-0.1, -0.05) is 38.1 Å². The van der Waals surface area contributed by atoms with Gasteiger partial charge in [0.25, 0.3) is 5.91 Å². The summed E-state index contributed by atoms with van der Waals surface area (Å²) in [6, 6.07) is 13.8. The molecule has 0 aliphatic rings. The van der Waals surface area contributed by atoms with Gasteiger partial charge < -0.3 is 15.4 Å². The molecule has 0 spiro atoms. The van der Waals surface area contributed by atoms with E-state index in [4.69, 9.17) is 4.74 Å². The molecule has 10 heteroatoms. The molecule has 2 amide bonds. The van der Waals surface area contributed by atoms with Crippen LogP contribution in [-0.4, -0.2) is 44.6 Å². The maximum absolute atomic E-state index is 12.5. The van der Waals surface area contributed by atoms with Gasteiger partial charge in [-0.05, 0) is 46.2 Å². The zero-order valence-corrected chi connectivity index (χ0v) is 17.1. The average molecular weight is 422 g/mol. The lowest BCUT2D eigenvalue weighted by molar-refractivity contribution is -0.119. The summed E-state index contributed by atoms with van der Waals surface area (Å²) in [5, 5.41) is 15.8. The van der Waals surface area contributed by atoms with Crippen LogP contribution in [-0.2, 0) is 20.9 Å². The van der Waals surface area contributed by atoms with Gasteiger partial charge in [-0.3, -0.25) is 9.59 Å². The molecule has 0 saturated carbocycles. The number of nitrogens with one attached hydrogen (secondary N) is 2. The van der Waals surface area contributed by atoms with Gasteiger partial charge in [0, 0.05) is 5.69 Å². The third kappa shape index (κ3) is 6.20. The number of aromatic nitrogens is 4. The quantitative estimate of drug-likeness (QED) is 0.533. The molecule has 2 aromatic carbocycles. The molecule has 0 bridgehead atoms. The Morgan fingerprint density at radius 3 is 2.58 bits per heavy atom. The molecule has 10 nitrogen and oxygen atoms in total. The fourth-order valence-corrected chi connectivity index (χ4v) is 2.74. The highest BCUT2D eigenvalue weighted by Gasteiger charge is 2.16. The number of para-hydroxylation sites is 1. The van der Waals surface area contributed by atoms with Gasteiger partial charge >= 0.3 is 5.97 Å². The smallest absolute Gasteiger partial charge is 0.340 e. The van der Waals surface area contributed by atoms with E-state index in [0.717, 1.165) is 5.56 Å². The van der Waals surface area contributed by atoms with Crippen LogP contribution in [0.4, 0.5) is 11.4 Å². The Kier molecular flexibility index (Phi) is 7.05. The van der Waals surface area contributed by atoms with E-state index in [1.54, 1.807) is 24.3 Å². The van der Waals surface area contributed by atoms with Crippen molar-refractivity contribution in [2.75, 3.05) is 17.2 Å². The third-order valence-corrected chi connectivity index (χ3v) is 4.29. The van der Waals surface area contributed by atoms with Gasteiger partial charge in [0.05, 0.1) is 11.3 Å². The van der Waals surface area contributed by atoms with E-state index in [2.05, 4.69) is 40.0 Å². The van der Waals surface area contributed by atoms with Crippen LogP contribution in [0.5, 0.6) is 0 Å². The Balaban J connectivity index is 1.57. The Bertz CT molecular complexity index is 1070. The molecule has 2 N–H and O–H groups in total. The van der Waals surface area contributed by atoms with Crippen molar-refractivity contribution in [3.63, 3.8) is 0 Å². The van der Waals surface area contributed by atoms with Crippen LogP contribution < -0.4 is 10.6 Å². The number of nitrogens with zero attached hydrogens (tertiary/aromatic N) is 4. The molecule has 0 aliphatic carbocycles. The Morgan fingerprint density at radius 2 is 1.84 bits per heavy atom. The van der Waals surface area contributed by atoms with E-state index in [0.29, 0.717) is 11.6 Å². The van der Waals surface area contributed by atoms with Gasteiger partial charge in [0.1, 0.15) is 12.9 Å². The van der Waals surface area contributed by atoms with E-state index in [9.17, 15) is 14.4 Å². The normalized spacial score (nSPS) is 10.5. The number of carbonyl (C=O) groups excluding carboxylic acids is 3. The first kappa shape index (κ1) is 21.6. The Labute approximate surface area is 178 Å². The van der Waals surface area contributed by atoms with E-state index in [1.807, 2.05) is 18.2 Å². The summed E-state index contributed by atoms with van der Waals surface area (Å²) in [5.41, 5.74) is 2.10. The second-order valence-electron chi connectivity index (χ2n) is 7.01. The van der Waals surface area contributed by atoms with E-state index >= 15 is 0 Å². The first-order valence-electron chi connectivity index (χ1n) is 9.59. The van der Waals surface area contributed by atoms with Crippen molar-refractivity contribution in [2.45, 2.75) is 26.3 Å². The summed E-state index contributed by atoms with van der Waals surface area (Å²) in [6.45, 7) is 3.54. The summed E-state index contributed by atoms with van der Waals surface area (Å²) in [6.07, 6.45) is 1.30. The Hall–Kier alpha value is -4.08. The van der Waals surface area contributed by atoms with Gasteiger partial charge in [0.15, 0.2) is 6.61 Å². The van der Waals surface area contributed by atoms with Gasteiger partial charge in [-0.15, -0.1) is 5.10 Å². The SMILES string of the molecule is CC(C)c1cccc(NC(=O)COC(=O)c2ccccc2NC(=O)Cn2cnnn2)c1. The highest BCUT2D eigenvalue weighted by atomic mass is 16.5. The zero-order valence-electron chi connectivity index (χ0n) is 17.1. The van der Waals surface area contributed by atoms with E-state index in [-0.39, 0.29) is 17.8 Å². The molecular formula is C21H22N6O4. The van der Waals surface area contributed by atoms with Crippen molar-refractivity contribution in [2.24, 2.45) is 0 Å². The standard InChI is InChI=1S/C21H22N6O4/c1-14(2)15-6-5-7-16(10-15)23-20(29)12-31-21(30)17-8-3-4-9-18(17)24-19(28)11-27-13-22-25-26-27/h3-10,13-14H,11-12H2,1-2H3,(H,23,29)(H,24,28). The monoisotopic (exact) mass is 422 g/mol. The van der Waals surface area contributed by atoms with Gasteiger partial charge in [-0.2, -0.15) is 0 Å². The minimum Gasteiger partial charge on any atom is -0.452 e. The number of anilines is 2. The molecule has 0 unspecified atom stereocenters. The maximum atomic E-state index is 12.5. The van der Waals surface area contributed by atoms with Gasteiger partial charge in [0.2, 0.25) is 5.91 Å². The molecular weight excluding hydrogens is 400 g/mol. The fourth-order valence-electron chi connectivity index (χ4n) is 2.74. The van der Waals surface area contributed by atoms with Crippen LogP contribution in [0.2, 0.25) is 0 Å². The first-order chi connectivity index (χ1) is 14.9. The second-order valence-corrected chi connectivity index (χ2v) is 7.01. The number of amides is 2. The van der Waals surface area contributed by atoms with Crippen LogP contribution in [0, 0.1) is 0 Å². The predicted octanol–water partition coefficient (Wildman–Crippen LogP) is 2.23. The molecule has 3 aromatic rings. The van der Waals surface area contributed by atoms with Crippen molar-refractivity contribution in [3.8, 4) is 0 Å². The van der Waals surface area contributed by atoms with Crippen LogP contribution in [0.15, 0.2) is 54.9 Å². The number of tetrazole rings is 1. The maximum Gasteiger partial charge on any atom is 0.340 e. The molecule has 3 rings (SSSR count).